The molecule has 0 spiro atoms. The lowest BCUT2D eigenvalue weighted by Crippen LogP contribution is -2.21. The first-order chi connectivity index (χ1) is 15.0. The molecule has 158 valence electrons. The predicted molar refractivity (Wildman–Crippen MR) is 109 cm³/mol. The smallest absolute Gasteiger partial charge is 0.244 e. The zero-order chi connectivity index (χ0) is 22.1. The largest absolute Gasteiger partial charge is 0.493 e. The van der Waals surface area contributed by atoms with Crippen LogP contribution in [0.1, 0.15) is 17.0 Å². The highest BCUT2D eigenvalue weighted by Gasteiger charge is 2.36. The van der Waals surface area contributed by atoms with Crippen LogP contribution >= 0.6 is 0 Å². The normalized spacial score (nSPS) is 15.0. The monoisotopic (exact) mass is 422 g/mol. The molecule has 2 heterocycles. The van der Waals surface area contributed by atoms with E-state index in [1.807, 2.05) is 0 Å². The Labute approximate surface area is 177 Å². The van der Waals surface area contributed by atoms with E-state index in [4.69, 9.17) is 24.7 Å². The van der Waals surface area contributed by atoms with Crippen molar-refractivity contribution < 1.29 is 23.3 Å². The summed E-state index contributed by atoms with van der Waals surface area (Å²) in [6.45, 7) is 0. The van der Waals surface area contributed by atoms with E-state index in [0.29, 0.717) is 39.6 Å². The number of nitrogens with one attached hydrogen (secondary N) is 1. The summed E-state index contributed by atoms with van der Waals surface area (Å²) in [6.07, 6.45) is 0. The molecule has 9 heteroatoms. The third-order valence-corrected chi connectivity index (χ3v) is 5.10. The highest BCUT2D eigenvalue weighted by atomic mass is 19.1. The van der Waals surface area contributed by atoms with Crippen LogP contribution < -0.4 is 24.7 Å². The fourth-order valence-corrected chi connectivity index (χ4v) is 3.68. The number of nitrogens with two attached hydrogens (primary N) is 1. The molecular formula is C22H19FN4O4. The van der Waals surface area contributed by atoms with Gasteiger partial charge in [0, 0.05) is 5.56 Å². The average molecular weight is 422 g/mol. The molecule has 8 nitrogen and oxygen atoms in total. The molecule has 0 saturated carbocycles. The number of nitrogens with zero attached hydrogens (tertiary/aromatic N) is 2. The summed E-state index contributed by atoms with van der Waals surface area (Å²) in [6, 6.07) is 11.5. The van der Waals surface area contributed by atoms with E-state index in [1.165, 1.54) is 33.5 Å². The number of nitriles is 1. The van der Waals surface area contributed by atoms with Crippen LogP contribution in [0.5, 0.6) is 23.1 Å². The Kier molecular flexibility index (Phi) is 5.13. The van der Waals surface area contributed by atoms with E-state index in [1.54, 1.807) is 24.3 Å². The number of rotatable bonds is 5. The van der Waals surface area contributed by atoms with Gasteiger partial charge in [-0.2, -0.15) is 5.26 Å². The Morgan fingerprint density at radius 2 is 1.74 bits per heavy atom. The van der Waals surface area contributed by atoms with Crippen molar-refractivity contribution in [1.82, 2.24) is 10.2 Å². The molecular weight excluding hydrogens is 403 g/mol. The molecule has 0 radical (unpaired) electrons. The van der Waals surface area contributed by atoms with Crippen LogP contribution in [0.25, 0.3) is 11.3 Å². The van der Waals surface area contributed by atoms with Gasteiger partial charge in [0.15, 0.2) is 11.5 Å². The summed E-state index contributed by atoms with van der Waals surface area (Å²) in [5.41, 5.74) is 8.69. The molecule has 1 atom stereocenters. The van der Waals surface area contributed by atoms with E-state index >= 15 is 0 Å². The summed E-state index contributed by atoms with van der Waals surface area (Å²) >= 11 is 0. The van der Waals surface area contributed by atoms with E-state index in [0.717, 1.165) is 0 Å². The zero-order valence-corrected chi connectivity index (χ0v) is 17.0. The molecule has 1 aliphatic rings. The molecule has 2 aromatic carbocycles. The van der Waals surface area contributed by atoms with Crippen molar-refractivity contribution in [1.29, 1.82) is 5.26 Å². The highest BCUT2D eigenvalue weighted by molar-refractivity contribution is 5.75. The van der Waals surface area contributed by atoms with Crippen molar-refractivity contribution in [3.05, 3.63) is 64.8 Å². The van der Waals surface area contributed by atoms with Crippen LogP contribution in [0.15, 0.2) is 47.9 Å². The second-order valence-electron chi connectivity index (χ2n) is 6.71. The van der Waals surface area contributed by atoms with Crippen LogP contribution in [0.2, 0.25) is 0 Å². The molecule has 0 fully saturated rings. The van der Waals surface area contributed by atoms with Gasteiger partial charge in [0.25, 0.3) is 0 Å². The number of aromatic amines is 1. The average Bonchev–Trinajstić information content (AvgIpc) is 3.20. The van der Waals surface area contributed by atoms with Crippen molar-refractivity contribution in [2.45, 2.75) is 5.92 Å². The number of H-pyrrole nitrogens is 1. The van der Waals surface area contributed by atoms with Gasteiger partial charge in [-0.15, -0.1) is 5.10 Å². The fraction of sp³-hybridized carbons (Fsp3) is 0.182. The number of hydrogen-bond acceptors (Lipinski definition) is 7. The lowest BCUT2D eigenvalue weighted by atomic mass is 9.83. The Bertz CT molecular complexity index is 1190. The standard InChI is InChI=1S/C22H19FN4O4/c1-28-15-8-12(9-16(29-2)20(15)30-3)19-18-17(11-4-6-13(23)7-5-11)14(10-24)21(25)31-22(18)27-26-19/h4-9,17H,25H2,1-3H3,(H,26,27). The molecule has 3 aromatic rings. The maximum Gasteiger partial charge on any atom is 0.244 e. The summed E-state index contributed by atoms with van der Waals surface area (Å²) < 4.78 is 35.4. The van der Waals surface area contributed by atoms with Gasteiger partial charge in [0.05, 0.1) is 38.5 Å². The first-order valence-corrected chi connectivity index (χ1v) is 9.24. The minimum atomic E-state index is -0.609. The Balaban J connectivity index is 1.95. The van der Waals surface area contributed by atoms with Gasteiger partial charge in [-0.05, 0) is 29.8 Å². The summed E-state index contributed by atoms with van der Waals surface area (Å²) in [5.74, 6) is 0.527. The molecule has 0 aliphatic carbocycles. The second kappa shape index (κ2) is 7.91. The molecule has 1 unspecified atom stereocenters. The molecule has 0 bridgehead atoms. The molecule has 3 N–H and O–H groups in total. The van der Waals surface area contributed by atoms with Crippen LogP contribution in [0, 0.1) is 17.1 Å². The van der Waals surface area contributed by atoms with Gasteiger partial charge in [0.1, 0.15) is 17.5 Å². The molecule has 0 saturated heterocycles. The minimum Gasteiger partial charge on any atom is -0.493 e. The molecule has 31 heavy (non-hydrogen) atoms. The van der Waals surface area contributed by atoms with Crippen LogP contribution in [-0.4, -0.2) is 31.5 Å². The fourth-order valence-electron chi connectivity index (χ4n) is 3.68. The summed E-state index contributed by atoms with van der Waals surface area (Å²) in [4.78, 5) is 0. The number of methoxy groups -OCH3 is 3. The summed E-state index contributed by atoms with van der Waals surface area (Å²) in [5, 5.41) is 17.0. The Hall–Kier alpha value is -4.19. The van der Waals surface area contributed by atoms with E-state index < -0.39 is 5.92 Å². The number of fused-ring (bicyclic) bond motifs is 1. The maximum atomic E-state index is 13.5. The van der Waals surface area contributed by atoms with E-state index in [2.05, 4.69) is 16.3 Å². The van der Waals surface area contributed by atoms with Gasteiger partial charge in [0.2, 0.25) is 17.5 Å². The van der Waals surface area contributed by atoms with Crippen molar-refractivity contribution >= 4 is 0 Å². The number of allylic oxidation sites excluding steroid dienone is 1. The zero-order valence-electron chi connectivity index (χ0n) is 17.0. The number of halogens is 1. The lowest BCUT2D eigenvalue weighted by Gasteiger charge is -2.24. The number of aromatic nitrogens is 2. The van der Waals surface area contributed by atoms with Crippen LogP contribution in [0.3, 0.4) is 0 Å². The third kappa shape index (κ3) is 3.28. The van der Waals surface area contributed by atoms with Crippen molar-refractivity contribution in [2.75, 3.05) is 21.3 Å². The maximum absolute atomic E-state index is 13.5. The van der Waals surface area contributed by atoms with Gasteiger partial charge in [-0.25, -0.2) is 4.39 Å². The number of hydrogen-bond donors (Lipinski definition) is 2. The molecule has 1 aliphatic heterocycles. The third-order valence-electron chi connectivity index (χ3n) is 5.10. The number of benzene rings is 2. The Morgan fingerprint density at radius 1 is 1.10 bits per heavy atom. The highest BCUT2D eigenvalue weighted by Crippen LogP contribution is 2.48. The Morgan fingerprint density at radius 3 is 2.29 bits per heavy atom. The van der Waals surface area contributed by atoms with Gasteiger partial charge in [-0.3, -0.25) is 5.10 Å². The first kappa shape index (κ1) is 20.1. The molecule has 1 aromatic heterocycles. The van der Waals surface area contributed by atoms with Gasteiger partial charge in [-0.1, -0.05) is 12.1 Å². The predicted octanol–water partition coefficient (Wildman–Crippen LogP) is 3.46. The quantitative estimate of drug-likeness (QED) is 0.647. The second-order valence-corrected chi connectivity index (χ2v) is 6.71. The first-order valence-electron chi connectivity index (χ1n) is 9.24. The molecule has 4 rings (SSSR count). The van der Waals surface area contributed by atoms with Crippen molar-refractivity contribution in [3.8, 4) is 40.5 Å². The van der Waals surface area contributed by atoms with Crippen molar-refractivity contribution in [3.63, 3.8) is 0 Å². The molecule has 0 amide bonds. The number of ether oxygens (including phenoxy) is 4. The topological polar surface area (TPSA) is 115 Å². The SMILES string of the molecule is COc1cc(-c2[nH]nc3c2C(c2ccc(F)cc2)C(C#N)=C(N)O3)cc(OC)c1OC. The van der Waals surface area contributed by atoms with Gasteiger partial charge < -0.3 is 24.7 Å². The van der Waals surface area contributed by atoms with E-state index in [9.17, 15) is 9.65 Å². The minimum absolute atomic E-state index is 0.0488. The lowest BCUT2D eigenvalue weighted by molar-refractivity contribution is 0.324. The summed E-state index contributed by atoms with van der Waals surface area (Å²) in [7, 11) is 4.56. The van der Waals surface area contributed by atoms with Crippen LogP contribution in [0.4, 0.5) is 4.39 Å². The van der Waals surface area contributed by atoms with Crippen molar-refractivity contribution in [2.24, 2.45) is 5.73 Å². The van der Waals surface area contributed by atoms with Crippen LogP contribution in [-0.2, 0) is 0 Å². The van der Waals surface area contributed by atoms with Gasteiger partial charge >= 0.3 is 0 Å². The van der Waals surface area contributed by atoms with E-state index in [-0.39, 0.29) is 23.2 Å².